The average molecular weight is 358 g/mol. The highest BCUT2D eigenvalue weighted by Gasteiger charge is 2.12. The van der Waals surface area contributed by atoms with Crippen LogP contribution in [0.25, 0.3) is 22.4 Å². The molecule has 0 saturated carbocycles. The fourth-order valence-electron chi connectivity index (χ4n) is 2.87. The van der Waals surface area contributed by atoms with Gasteiger partial charge >= 0.3 is 0 Å². The summed E-state index contributed by atoms with van der Waals surface area (Å²) in [5, 5.41) is 22.5. The number of nitro groups is 1. The first kappa shape index (κ1) is 18.2. The summed E-state index contributed by atoms with van der Waals surface area (Å²) in [6.45, 7) is 3.90. The van der Waals surface area contributed by atoms with Crippen molar-refractivity contribution in [2.75, 3.05) is 0 Å². The minimum Gasteiger partial charge on any atom is -0.490 e. The first-order valence-corrected chi connectivity index (χ1v) is 8.54. The Morgan fingerprint density at radius 2 is 1.81 bits per heavy atom. The lowest BCUT2D eigenvalue weighted by molar-refractivity contribution is -0.384. The topological polar surface area (TPSA) is 76.2 Å². The minimum absolute atomic E-state index is 0.00923. The molecule has 0 atom stereocenters. The van der Waals surface area contributed by atoms with Crippen LogP contribution in [0, 0.1) is 21.4 Å². The van der Waals surface area contributed by atoms with Crippen molar-refractivity contribution in [1.82, 2.24) is 0 Å². The van der Waals surface area contributed by atoms with E-state index in [0.717, 1.165) is 16.3 Å². The molecule has 134 valence electrons. The maximum Gasteiger partial charge on any atom is 0.269 e. The molecule has 0 aromatic heterocycles. The Morgan fingerprint density at radius 1 is 1.11 bits per heavy atom. The smallest absolute Gasteiger partial charge is 0.269 e. The van der Waals surface area contributed by atoms with Gasteiger partial charge in [-0.15, -0.1) is 0 Å². The number of ether oxygens (including phenoxy) is 1. The summed E-state index contributed by atoms with van der Waals surface area (Å²) in [7, 11) is 0. The number of non-ortho nitro benzene ring substituents is 1. The lowest BCUT2D eigenvalue weighted by Crippen LogP contribution is -2.06. The standard InChI is InChI=1S/C22H18N2O3/c1-15(2)27-22-12-9-17-5-3-4-6-20(17)21(22)13-18(14-23)16-7-10-19(11-8-16)24(25)26/h3-13,15H,1-2H3. The molecular weight excluding hydrogens is 340 g/mol. The molecule has 0 N–H and O–H groups in total. The number of allylic oxidation sites excluding steroid dienone is 1. The highest BCUT2D eigenvalue weighted by molar-refractivity contribution is 6.00. The first-order chi connectivity index (χ1) is 13.0. The molecule has 0 saturated heterocycles. The van der Waals surface area contributed by atoms with Crippen molar-refractivity contribution >= 4 is 28.1 Å². The van der Waals surface area contributed by atoms with Crippen molar-refractivity contribution in [3.63, 3.8) is 0 Å². The molecule has 0 aliphatic carbocycles. The van der Waals surface area contributed by atoms with E-state index in [2.05, 4.69) is 6.07 Å². The van der Waals surface area contributed by atoms with Crippen molar-refractivity contribution in [3.05, 3.63) is 81.9 Å². The Kier molecular flexibility index (Phi) is 5.18. The molecule has 0 spiro atoms. The molecular formula is C22H18N2O3. The molecule has 0 unspecified atom stereocenters. The number of fused-ring (bicyclic) bond motifs is 1. The maximum absolute atomic E-state index is 10.8. The van der Waals surface area contributed by atoms with Crippen LogP contribution in [-0.4, -0.2) is 11.0 Å². The molecule has 5 heteroatoms. The molecule has 0 aliphatic heterocycles. The van der Waals surface area contributed by atoms with Crippen LogP contribution in [0.3, 0.4) is 0 Å². The van der Waals surface area contributed by atoms with Crippen LogP contribution in [-0.2, 0) is 0 Å². The van der Waals surface area contributed by atoms with Crippen LogP contribution in [0.15, 0.2) is 60.7 Å². The second-order valence-electron chi connectivity index (χ2n) is 6.34. The zero-order valence-corrected chi connectivity index (χ0v) is 15.0. The normalized spacial score (nSPS) is 11.4. The highest BCUT2D eigenvalue weighted by atomic mass is 16.6. The van der Waals surface area contributed by atoms with Gasteiger partial charge in [-0.2, -0.15) is 5.26 Å². The van der Waals surface area contributed by atoms with Crippen LogP contribution in [0.5, 0.6) is 5.75 Å². The summed E-state index contributed by atoms with van der Waals surface area (Å²) in [6, 6.07) is 19.9. The molecule has 27 heavy (non-hydrogen) atoms. The van der Waals surface area contributed by atoms with Gasteiger partial charge in [0.25, 0.3) is 5.69 Å². The summed E-state index contributed by atoms with van der Waals surface area (Å²) in [5.74, 6) is 0.693. The van der Waals surface area contributed by atoms with E-state index in [0.29, 0.717) is 16.9 Å². The summed E-state index contributed by atoms with van der Waals surface area (Å²) in [5.41, 5.74) is 1.84. The molecule has 3 rings (SSSR count). The third kappa shape index (κ3) is 3.96. The van der Waals surface area contributed by atoms with Crippen molar-refractivity contribution in [3.8, 4) is 11.8 Å². The van der Waals surface area contributed by atoms with E-state index < -0.39 is 4.92 Å². The van der Waals surface area contributed by atoms with E-state index in [4.69, 9.17) is 4.74 Å². The van der Waals surface area contributed by atoms with Gasteiger partial charge in [0.2, 0.25) is 0 Å². The fraction of sp³-hybridized carbons (Fsp3) is 0.136. The Morgan fingerprint density at radius 3 is 2.44 bits per heavy atom. The summed E-state index contributed by atoms with van der Waals surface area (Å²) in [4.78, 5) is 10.4. The molecule has 3 aromatic rings. The molecule has 0 heterocycles. The molecule has 0 amide bonds. The van der Waals surface area contributed by atoms with Gasteiger partial charge in [0, 0.05) is 17.7 Å². The number of benzene rings is 3. The molecule has 0 fully saturated rings. The minimum atomic E-state index is -0.459. The zero-order valence-electron chi connectivity index (χ0n) is 15.0. The van der Waals surface area contributed by atoms with Crippen LogP contribution < -0.4 is 4.74 Å². The molecule has 0 radical (unpaired) electrons. The highest BCUT2D eigenvalue weighted by Crippen LogP contribution is 2.32. The van der Waals surface area contributed by atoms with Gasteiger partial charge in [-0.05, 0) is 54.5 Å². The molecule has 5 nitrogen and oxygen atoms in total. The number of hydrogen-bond donors (Lipinski definition) is 0. The number of nitro benzene ring substituents is 1. The Balaban J connectivity index is 2.16. The first-order valence-electron chi connectivity index (χ1n) is 8.54. The quantitative estimate of drug-likeness (QED) is 0.257. The van der Waals surface area contributed by atoms with Gasteiger partial charge in [0.1, 0.15) is 5.75 Å². The number of nitriles is 1. The van der Waals surface area contributed by atoms with Crippen molar-refractivity contribution in [2.24, 2.45) is 0 Å². The van der Waals surface area contributed by atoms with E-state index in [1.54, 1.807) is 18.2 Å². The lowest BCUT2D eigenvalue weighted by atomic mass is 9.98. The summed E-state index contributed by atoms with van der Waals surface area (Å²) >= 11 is 0. The Bertz CT molecular complexity index is 1060. The molecule has 0 aliphatic rings. The van der Waals surface area contributed by atoms with Crippen LogP contribution in [0.1, 0.15) is 25.0 Å². The number of nitrogens with zero attached hydrogens (tertiary/aromatic N) is 2. The van der Waals surface area contributed by atoms with Crippen molar-refractivity contribution in [2.45, 2.75) is 20.0 Å². The van der Waals surface area contributed by atoms with Gasteiger partial charge in [-0.1, -0.05) is 30.3 Å². The van der Waals surface area contributed by atoms with Crippen molar-refractivity contribution < 1.29 is 9.66 Å². The Hall–Kier alpha value is -3.65. The third-order valence-electron chi connectivity index (χ3n) is 4.09. The zero-order chi connectivity index (χ0) is 19.4. The monoisotopic (exact) mass is 358 g/mol. The van der Waals surface area contributed by atoms with Gasteiger partial charge < -0.3 is 4.74 Å². The van der Waals surface area contributed by atoms with Gasteiger partial charge in [0.15, 0.2) is 0 Å². The van der Waals surface area contributed by atoms with E-state index >= 15 is 0 Å². The van der Waals surface area contributed by atoms with Crippen LogP contribution in [0.2, 0.25) is 0 Å². The van der Waals surface area contributed by atoms with Gasteiger partial charge in [-0.3, -0.25) is 10.1 Å². The van der Waals surface area contributed by atoms with Gasteiger partial charge in [0.05, 0.1) is 22.7 Å². The van der Waals surface area contributed by atoms with E-state index in [-0.39, 0.29) is 11.8 Å². The SMILES string of the molecule is CC(C)Oc1ccc2ccccc2c1C=C(C#N)c1ccc([N+](=O)[O-])cc1. The third-order valence-corrected chi connectivity index (χ3v) is 4.09. The fourth-order valence-corrected chi connectivity index (χ4v) is 2.87. The van der Waals surface area contributed by atoms with Crippen LogP contribution in [0.4, 0.5) is 5.69 Å². The Labute approximate surface area is 157 Å². The number of rotatable bonds is 5. The average Bonchev–Trinajstić information content (AvgIpc) is 2.67. The second-order valence-corrected chi connectivity index (χ2v) is 6.34. The van der Waals surface area contributed by atoms with E-state index in [9.17, 15) is 15.4 Å². The predicted octanol–water partition coefficient (Wildman–Crippen LogP) is 5.60. The van der Waals surface area contributed by atoms with E-state index in [1.807, 2.05) is 50.2 Å². The van der Waals surface area contributed by atoms with Crippen LogP contribution >= 0.6 is 0 Å². The lowest BCUT2D eigenvalue weighted by Gasteiger charge is -2.15. The maximum atomic E-state index is 10.8. The summed E-state index contributed by atoms with van der Waals surface area (Å²) < 4.78 is 5.94. The van der Waals surface area contributed by atoms with Gasteiger partial charge in [-0.25, -0.2) is 0 Å². The second kappa shape index (κ2) is 7.71. The van der Waals surface area contributed by atoms with Crippen molar-refractivity contribution in [1.29, 1.82) is 5.26 Å². The number of hydrogen-bond acceptors (Lipinski definition) is 4. The predicted molar refractivity (Wildman–Crippen MR) is 106 cm³/mol. The molecule has 3 aromatic carbocycles. The molecule has 0 bridgehead atoms. The largest absolute Gasteiger partial charge is 0.490 e. The van der Waals surface area contributed by atoms with E-state index in [1.165, 1.54) is 12.1 Å². The summed E-state index contributed by atoms with van der Waals surface area (Å²) in [6.07, 6.45) is 1.77.